The second kappa shape index (κ2) is 8.85. The first-order chi connectivity index (χ1) is 16.3. The van der Waals surface area contributed by atoms with Gasteiger partial charge >= 0.3 is 0 Å². The van der Waals surface area contributed by atoms with Crippen molar-refractivity contribution in [3.8, 4) is 11.4 Å². The highest BCUT2D eigenvalue weighted by molar-refractivity contribution is 7.98. The van der Waals surface area contributed by atoms with Crippen LogP contribution in [0.5, 0.6) is 0 Å². The molecule has 5 rings (SSSR count). The molecule has 6 nitrogen and oxygen atoms in total. The highest BCUT2D eigenvalue weighted by Crippen LogP contribution is 2.29. The van der Waals surface area contributed by atoms with Crippen molar-refractivity contribution in [3.63, 3.8) is 0 Å². The molecule has 0 amide bonds. The monoisotopic (exact) mass is 487 g/mol. The SMILES string of the molecule is C=CCn1c(SCc2cc(=O)n3c(n2)sc2ccccc23)nnc1-c1ccc(C(C)(C)C)cc1. The van der Waals surface area contributed by atoms with Gasteiger partial charge in [0.15, 0.2) is 15.9 Å². The molecule has 0 aliphatic rings. The molecule has 2 aromatic carbocycles. The summed E-state index contributed by atoms with van der Waals surface area (Å²) in [4.78, 5) is 18.3. The zero-order valence-electron chi connectivity index (χ0n) is 19.4. The van der Waals surface area contributed by atoms with Crippen molar-refractivity contribution < 1.29 is 0 Å². The number of benzene rings is 2. The van der Waals surface area contributed by atoms with Crippen LogP contribution in [0.25, 0.3) is 26.6 Å². The summed E-state index contributed by atoms with van der Waals surface area (Å²) in [7, 11) is 0. The van der Waals surface area contributed by atoms with Gasteiger partial charge in [-0.15, -0.1) is 16.8 Å². The Morgan fingerprint density at radius 1 is 1.09 bits per heavy atom. The summed E-state index contributed by atoms with van der Waals surface area (Å²) in [6.45, 7) is 11.1. The zero-order chi connectivity index (χ0) is 23.9. The first-order valence-corrected chi connectivity index (χ1v) is 12.8. The maximum Gasteiger partial charge on any atom is 0.259 e. The Bertz CT molecular complexity index is 1550. The molecule has 8 heteroatoms. The lowest BCUT2D eigenvalue weighted by molar-refractivity contribution is 0.590. The number of rotatable bonds is 6. The van der Waals surface area contributed by atoms with Crippen LogP contribution in [-0.2, 0) is 17.7 Å². The number of thiazole rings is 1. The van der Waals surface area contributed by atoms with E-state index >= 15 is 0 Å². The van der Waals surface area contributed by atoms with Crippen molar-refractivity contribution in [2.24, 2.45) is 0 Å². The van der Waals surface area contributed by atoms with E-state index in [-0.39, 0.29) is 11.0 Å². The van der Waals surface area contributed by atoms with E-state index < -0.39 is 0 Å². The van der Waals surface area contributed by atoms with Crippen molar-refractivity contribution in [2.75, 3.05) is 0 Å². The normalized spacial score (nSPS) is 12.0. The molecule has 0 radical (unpaired) electrons. The van der Waals surface area contributed by atoms with Crippen LogP contribution in [0.15, 0.2) is 77.2 Å². The maximum absolute atomic E-state index is 12.8. The van der Waals surface area contributed by atoms with Crippen molar-refractivity contribution in [1.29, 1.82) is 0 Å². The minimum atomic E-state index is -0.0646. The van der Waals surface area contributed by atoms with Gasteiger partial charge in [0.25, 0.3) is 5.56 Å². The number of hydrogen-bond donors (Lipinski definition) is 0. The number of fused-ring (bicyclic) bond motifs is 3. The lowest BCUT2D eigenvalue weighted by Crippen LogP contribution is -2.13. The van der Waals surface area contributed by atoms with Crippen molar-refractivity contribution >= 4 is 38.3 Å². The van der Waals surface area contributed by atoms with Crippen LogP contribution in [0, 0.1) is 0 Å². The third-order valence-corrected chi connectivity index (χ3v) is 7.66. The Balaban J connectivity index is 1.43. The minimum Gasteiger partial charge on any atom is -0.298 e. The molecule has 34 heavy (non-hydrogen) atoms. The molecule has 0 unspecified atom stereocenters. The van der Waals surface area contributed by atoms with E-state index in [4.69, 9.17) is 4.98 Å². The number of nitrogens with zero attached hydrogens (tertiary/aromatic N) is 5. The molecule has 172 valence electrons. The number of thioether (sulfide) groups is 1. The fourth-order valence-corrected chi connectivity index (χ4v) is 5.75. The van der Waals surface area contributed by atoms with Gasteiger partial charge < -0.3 is 0 Å². The summed E-state index contributed by atoms with van der Waals surface area (Å²) in [6.07, 6.45) is 1.84. The topological polar surface area (TPSA) is 65.1 Å². The Labute approximate surface area is 206 Å². The number of aromatic nitrogens is 5. The van der Waals surface area contributed by atoms with Gasteiger partial charge in [0.1, 0.15) is 0 Å². The Morgan fingerprint density at radius 3 is 2.59 bits per heavy atom. The molecule has 0 saturated carbocycles. The fourth-order valence-electron chi connectivity index (χ4n) is 3.86. The van der Waals surface area contributed by atoms with E-state index in [9.17, 15) is 4.79 Å². The van der Waals surface area contributed by atoms with Crippen molar-refractivity contribution in [1.82, 2.24) is 24.1 Å². The predicted molar refractivity (Wildman–Crippen MR) is 141 cm³/mol. The lowest BCUT2D eigenvalue weighted by atomic mass is 9.87. The fraction of sp³-hybridized carbons (Fsp3) is 0.231. The molecule has 0 aliphatic heterocycles. The number of allylic oxidation sites excluding steroid dienone is 1. The summed E-state index contributed by atoms with van der Waals surface area (Å²) in [6, 6.07) is 18.0. The molecular formula is C26H25N5OS2. The van der Waals surface area contributed by atoms with E-state index in [1.54, 1.807) is 10.5 Å². The van der Waals surface area contributed by atoms with Crippen LogP contribution in [0.4, 0.5) is 0 Å². The van der Waals surface area contributed by atoms with E-state index in [0.29, 0.717) is 17.3 Å². The standard InChI is InChI=1S/C26H25N5OS2/c1-5-14-30-23(17-10-12-18(13-11-17)26(2,3)4)28-29-25(30)33-16-19-15-22(32)31-20-8-6-7-9-21(20)34-24(31)27-19/h5-13,15H,1,14,16H2,2-4H3. The van der Waals surface area contributed by atoms with Gasteiger partial charge in [-0.1, -0.05) is 86.3 Å². The van der Waals surface area contributed by atoms with E-state index in [2.05, 4.69) is 66.4 Å². The summed E-state index contributed by atoms with van der Waals surface area (Å²) in [5.41, 5.74) is 3.94. The van der Waals surface area contributed by atoms with Crippen LogP contribution in [0.1, 0.15) is 32.0 Å². The zero-order valence-corrected chi connectivity index (χ0v) is 21.0. The van der Waals surface area contributed by atoms with Crippen LogP contribution in [0.3, 0.4) is 0 Å². The van der Waals surface area contributed by atoms with E-state index in [1.165, 1.54) is 28.7 Å². The van der Waals surface area contributed by atoms with Crippen LogP contribution in [-0.4, -0.2) is 24.1 Å². The van der Waals surface area contributed by atoms with Gasteiger partial charge in [-0.2, -0.15) is 0 Å². The maximum atomic E-state index is 12.8. The Kier molecular flexibility index (Phi) is 5.87. The second-order valence-corrected chi connectivity index (χ2v) is 11.0. The molecular weight excluding hydrogens is 462 g/mol. The summed E-state index contributed by atoms with van der Waals surface area (Å²) in [5.74, 6) is 1.33. The van der Waals surface area contributed by atoms with Crippen LogP contribution < -0.4 is 5.56 Å². The predicted octanol–water partition coefficient (Wildman–Crippen LogP) is 5.94. The van der Waals surface area contributed by atoms with Crippen molar-refractivity contribution in [3.05, 3.63) is 88.9 Å². The quantitative estimate of drug-likeness (QED) is 0.219. The number of hydrogen-bond acceptors (Lipinski definition) is 6. The summed E-state index contributed by atoms with van der Waals surface area (Å²) in [5, 5.41) is 9.67. The summed E-state index contributed by atoms with van der Waals surface area (Å²) < 4.78 is 4.77. The Hall–Kier alpha value is -3.23. The van der Waals surface area contributed by atoms with Gasteiger partial charge in [-0.3, -0.25) is 13.8 Å². The van der Waals surface area contributed by atoms with Gasteiger partial charge in [-0.05, 0) is 23.1 Å². The molecule has 3 heterocycles. The highest BCUT2D eigenvalue weighted by atomic mass is 32.2. The highest BCUT2D eigenvalue weighted by Gasteiger charge is 2.17. The first kappa shape index (κ1) is 22.6. The molecule has 3 aromatic heterocycles. The molecule has 0 aliphatic carbocycles. The van der Waals surface area contributed by atoms with Gasteiger partial charge in [0.05, 0.1) is 15.9 Å². The molecule has 5 aromatic rings. The minimum absolute atomic E-state index is 0.0646. The summed E-state index contributed by atoms with van der Waals surface area (Å²) >= 11 is 3.05. The first-order valence-electron chi connectivity index (χ1n) is 11.0. The van der Waals surface area contributed by atoms with Crippen molar-refractivity contribution in [2.45, 2.75) is 43.6 Å². The average Bonchev–Trinajstić information content (AvgIpc) is 3.38. The third-order valence-electron chi connectivity index (χ3n) is 5.64. The van der Waals surface area contributed by atoms with E-state index in [1.807, 2.05) is 30.3 Å². The van der Waals surface area contributed by atoms with Gasteiger partial charge in [-0.25, -0.2) is 4.98 Å². The smallest absolute Gasteiger partial charge is 0.259 e. The van der Waals surface area contributed by atoms with Crippen LogP contribution in [0.2, 0.25) is 0 Å². The molecule has 0 spiro atoms. The van der Waals surface area contributed by atoms with Gasteiger partial charge in [0, 0.05) is 23.9 Å². The van der Waals surface area contributed by atoms with Crippen LogP contribution >= 0.6 is 23.1 Å². The average molecular weight is 488 g/mol. The largest absolute Gasteiger partial charge is 0.298 e. The molecule has 0 atom stereocenters. The Morgan fingerprint density at radius 2 is 1.85 bits per heavy atom. The second-order valence-electron chi connectivity index (χ2n) is 9.09. The molecule has 0 saturated heterocycles. The van der Waals surface area contributed by atoms with E-state index in [0.717, 1.165) is 32.5 Å². The molecule has 0 bridgehead atoms. The molecule has 0 N–H and O–H groups in total. The molecule has 0 fully saturated rings. The lowest BCUT2D eigenvalue weighted by Gasteiger charge is -2.19. The van der Waals surface area contributed by atoms with Gasteiger partial charge in [0.2, 0.25) is 0 Å². The third kappa shape index (κ3) is 4.19. The number of para-hydroxylation sites is 1.